The molecule has 1 saturated heterocycles. The highest BCUT2D eigenvalue weighted by atomic mass is 16.4. The van der Waals surface area contributed by atoms with Crippen LogP contribution in [-0.2, 0) is 6.42 Å². The van der Waals surface area contributed by atoms with Crippen LogP contribution in [0.2, 0.25) is 0 Å². The summed E-state index contributed by atoms with van der Waals surface area (Å²) in [4.78, 5) is 16.4. The molecule has 1 aromatic heterocycles. The maximum absolute atomic E-state index is 12.2. The van der Waals surface area contributed by atoms with Crippen molar-refractivity contribution < 1.29 is 9.21 Å². The summed E-state index contributed by atoms with van der Waals surface area (Å²) in [7, 11) is 0. The van der Waals surface area contributed by atoms with Gasteiger partial charge in [-0.1, -0.05) is 6.92 Å². The van der Waals surface area contributed by atoms with E-state index in [1.165, 1.54) is 0 Å². The molecule has 2 heterocycles. The molecule has 0 radical (unpaired) electrons. The minimum atomic E-state index is -0.00553. The SMILES string of the molecule is CCN1CCN(C(=O)c2ccc(CCN)o2)CC1. The molecule has 0 aliphatic carbocycles. The summed E-state index contributed by atoms with van der Waals surface area (Å²) in [6.45, 7) is 7.17. The topological polar surface area (TPSA) is 62.7 Å². The fourth-order valence-corrected chi connectivity index (χ4v) is 2.19. The molecule has 1 fully saturated rings. The number of amides is 1. The number of furan rings is 1. The van der Waals surface area contributed by atoms with Crippen molar-refractivity contribution in [1.82, 2.24) is 9.80 Å². The van der Waals surface area contributed by atoms with Crippen molar-refractivity contribution in [3.05, 3.63) is 23.7 Å². The quantitative estimate of drug-likeness (QED) is 0.849. The van der Waals surface area contributed by atoms with Crippen LogP contribution >= 0.6 is 0 Å². The van der Waals surface area contributed by atoms with Crippen LogP contribution in [0.3, 0.4) is 0 Å². The lowest BCUT2D eigenvalue weighted by molar-refractivity contribution is 0.0610. The molecule has 1 aliphatic heterocycles. The molecule has 0 unspecified atom stereocenters. The first-order chi connectivity index (χ1) is 8.74. The third kappa shape index (κ3) is 2.91. The molecule has 5 heteroatoms. The number of likely N-dealkylation sites (N-methyl/N-ethyl adjacent to an activating group) is 1. The molecule has 1 aliphatic rings. The van der Waals surface area contributed by atoms with Crippen molar-refractivity contribution in [2.24, 2.45) is 5.73 Å². The van der Waals surface area contributed by atoms with E-state index in [4.69, 9.17) is 10.2 Å². The summed E-state index contributed by atoms with van der Waals surface area (Å²) in [5.74, 6) is 1.21. The summed E-state index contributed by atoms with van der Waals surface area (Å²) in [5.41, 5.74) is 5.46. The number of carbonyl (C=O) groups excluding carboxylic acids is 1. The predicted octanol–water partition coefficient (Wildman–Crippen LogP) is 0.559. The maximum atomic E-state index is 12.2. The van der Waals surface area contributed by atoms with Crippen LogP contribution in [0.15, 0.2) is 16.5 Å². The number of rotatable bonds is 4. The van der Waals surface area contributed by atoms with Gasteiger partial charge < -0.3 is 20.0 Å². The van der Waals surface area contributed by atoms with Gasteiger partial charge in [-0.15, -0.1) is 0 Å². The Balaban J connectivity index is 1.94. The molecular formula is C13H21N3O2. The third-order valence-electron chi connectivity index (χ3n) is 3.37. The second-order valence-corrected chi connectivity index (χ2v) is 4.53. The summed E-state index contributed by atoms with van der Waals surface area (Å²) in [5, 5.41) is 0. The standard InChI is InChI=1S/C13H21N3O2/c1-2-15-7-9-16(10-8-15)13(17)12-4-3-11(18-12)5-6-14/h3-4H,2,5-10,14H2,1H3. The molecule has 18 heavy (non-hydrogen) atoms. The number of carbonyl (C=O) groups is 1. The molecule has 0 spiro atoms. The smallest absolute Gasteiger partial charge is 0.289 e. The molecule has 2 N–H and O–H groups in total. The fourth-order valence-electron chi connectivity index (χ4n) is 2.19. The zero-order valence-electron chi connectivity index (χ0n) is 10.9. The van der Waals surface area contributed by atoms with Crippen molar-refractivity contribution in [3.63, 3.8) is 0 Å². The fraction of sp³-hybridized carbons (Fsp3) is 0.615. The monoisotopic (exact) mass is 251 g/mol. The van der Waals surface area contributed by atoms with E-state index >= 15 is 0 Å². The highest BCUT2D eigenvalue weighted by molar-refractivity contribution is 5.91. The molecule has 2 rings (SSSR count). The van der Waals surface area contributed by atoms with Crippen molar-refractivity contribution in [1.29, 1.82) is 0 Å². The normalized spacial score (nSPS) is 17.1. The Bertz CT molecular complexity index is 395. The molecule has 100 valence electrons. The molecular weight excluding hydrogens is 230 g/mol. The molecule has 5 nitrogen and oxygen atoms in total. The first-order valence-electron chi connectivity index (χ1n) is 6.55. The average Bonchev–Trinajstić information content (AvgIpc) is 2.87. The van der Waals surface area contributed by atoms with E-state index in [1.807, 2.05) is 11.0 Å². The Labute approximate surface area is 108 Å². The van der Waals surface area contributed by atoms with Gasteiger partial charge in [0.1, 0.15) is 5.76 Å². The average molecular weight is 251 g/mol. The van der Waals surface area contributed by atoms with Gasteiger partial charge in [-0.3, -0.25) is 4.79 Å². The van der Waals surface area contributed by atoms with E-state index in [9.17, 15) is 4.79 Å². The van der Waals surface area contributed by atoms with Gasteiger partial charge in [0.2, 0.25) is 0 Å². The van der Waals surface area contributed by atoms with Gasteiger partial charge in [-0.25, -0.2) is 0 Å². The maximum Gasteiger partial charge on any atom is 0.289 e. The van der Waals surface area contributed by atoms with Gasteiger partial charge >= 0.3 is 0 Å². The summed E-state index contributed by atoms with van der Waals surface area (Å²) in [6, 6.07) is 3.59. The lowest BCUT2D eigenvalue weighted by Crippen LogP contribution is -2.48. The van der Waals surface area contributed by atoms with Crippen LogP contribution in [0.4, 0.5) is 0 Å². The van der Waals surface area contributed by atoms with E-state index in [-0.39, 0.29) is 5.91 Å². The van der Waals surface area contributed by atoms with Gasteiger partial charge in [0, 0.05) is 32.6 Å². The van der Waals surface area contributed by atoms with E-state index in [1.54, 1.807) is 6.07 Å². The Hall–Kier alpha value is -1.33. The highest BCUT2D eigenvalue weighted by Gasteiger charge is 2.23. The van der Waals surface area contributed by atoms with Crippen molar-refractivity contribution >= 4 is 5.91 Å². The summed E-state index contributed by atoms with van der Waals surface area (Å²) in [6.07, 6.45) is 0.677. The molecule has 0 atom stereocenters. The van der Waals surface area contributed by atoms with Crippen molar-refractivity contribution in [2.75, 3.05) is 39.3 Å². The number of nitrogens with zero attached hydrogens (tertiary/aromatic N) is 2. The molecule has 1 aromatic rings. The third-order valence-corrected chi connectivity index (χ3v) is 3.37. The zero-order valence-corrected chi connectivity index (χ0v) is 10.9. The zero-order chi connectivity index (χ0) is 13.0. The Morgan fingerprint density at radius 1 is 1.33 bits per heavy atom. The highest BCUT2D eigenvalue weighted by Crippen LogP contribution is 2.12. The largest absolute Gasteiger partial charge is 0.456 e. The lowest BCUT2D eigenvalue weighted by atomic mass is 10.3. The number of piperazine rings is 1. The van der Waals surface area contributed by atoms with Crippen molar-refractivity contribution in [3.8, 4) is 0 Å². The number of hydrogen-bond acceptors (Lipinski definition) is 4. The van der Waals surface area contributed by atoms with Gasteiger partial charge in [-0.2, -0.15) is 0 Å². The van der Waals surface area contributed by atoms with Crippen LogP contribution < -0.4 is 5.73 Å². The van der Waals surface area contributed by atoms with E-state index in [2.05, 4.69) is 11.8 Å². The van der Waals surface area contributed by atoms with Crippen LogP contribution in [-0.4, -0.2) is 55.0 Å². The van der Waals surface area contributed by atoms with Gasteiger partial charge in [0.05, 0.1) is 0 Å². The predicted molar refractivity (Wildman–Crippen MR) is 69.5 cm³/mol. The van der Waals surface area contributed by atoms with Crippen LogP contribution in [0.25, 0.3) is 0 Å². The Morgan fingerprint density at radius 3 is 2.67 bits per heavy atom. The first kappa shape index (κ1) is 13.1. The Kier molecular flexibility index (Phi) is 4.38. The first-order valence-corrected chi connectivity index (χ1v) is 6.55. The Morgan fingerprint density at radius 2 is 2.06 bits per heavy atom. The minimum absolute atomic E-state index is 0.00553. The summed E-state index contributed by atoms with van der Waals surface area (Å²) >= 11 is 0. The van der Waals surface area contributed by atoms with Crippen LogP contribution in [0, 0.1) is 0 Å². The minimum Gasteiger partial charge on any atom is -0.456 e. The van der Waals surface area contributed by atoms with E-state index in [0.29, 0.717) is 18.7 Å². The van der Waals surface area contributed by atoms with Gasteiger partial charge in [0.25, 0.3) is 5.91 Å². The van der Waals surface area contributed by atoms with Crippen molar-refractivity contribution in [2.45, 2.75) is 13.3 Å². The molecule has 0 aromatic carbocycles. The van der Waals surface area contributed by atoms with Gasteiger partial charge in [0.15, 0.2) is 5.76 Å². The second-order valence-electron chi connectivity index (χ2n) is 4.53. The second kappa shape index (κ2) is 6.02. The van der Waals surface area contributed by atoms with E-state index in [0.717, 1.165) is 38.5 Å². The number of hydrogen-bond donors (Lipinski definition) is 1. The molecule has 0 bridgehead atoms. The van der Waals surface area contributed by atoms with E-state index < -0.39 is 0 Å². The lowest BCUT2D eigenvalue weighted by Gasteiger charge is -2.33. The van der Waals surface area contributed by atoms with Gasteiger partial charge in [-0.05, 0) is 25.2 Å². The number of nitrogens with two attached hydrogens (primary N) is 1. The summed E-state index contributed by atoms with van der Waals surface area (Å²) < 4.78 is 5.51. The molecule has 1 amide bonds. The van der Waals surface area contributed by atoms with Crippen LogP contribution in [0.5, 0.6) is 0 Å². The molecule has 0 saturated carbocycles. The van der Waals surface area contributed by atoms with Crippen LogP contribution in [0.1, 0.15) is 23.2 Å².